The first-order valence-electron chi connectivity index (χ1n) is 8.07. The van der Waals surface area contributed by atoms with Crippen molar-refractivity contribution in [3.8, 4) is 0 Å². The van der Waals surface area contributed by atoms with E-state index in [0.29, 0.717) is 6.42 Å². The summed E-state index contributed by atoms with van der Waals surface area (Å²) in [5.41, 5.74) is 0. The number of carbonyl (C=O) groups is 1. The van der Waals surface area contributed by atoms with Gasteiger partial charge in [0.1, 0.15) is 0 Å². The maximum Gasteiger partial charge on any atom is 0.0933 e. The standard InChI is InChI=1S/C16H32O3/c1-2-3-4-5-6-7-8-9-10-11-12-13-14-15(17)16(18)19/h15,17H,2-14H2,1H3,(H,18,19)/p-1/t15-/m0/s1. The van der Waals surface area contributed by atoms with E-state index in [2.05, 4.69) is 6.92 Å². The van der Waals surface area contributed by atoms with Crippen LogP contribution < -0.4 is 5.11 Å². The fraction of sp³-hybridized carbons (Fsp3) is 0.938. The van der Waals surface area contributed by atoms with E-state index < -0.39 is 12.1 Å². The summed E-state index contributed by atoms with van der Waals surface area (Å²) >= 11 is 0. The summed E-state index contributed by atoms with van der Waals surface area (Å²) in [6, 6.07) is 0. The Morgan fingerprint density at radius 2 is 1.21 bits per heavy atom. The average molecular weight is 271 g/mol. The number of aliphatic hydroxyl groups excluding tert-OH is 1. The lowest BCUT2D eigenvalue weighted by atomic mass is 10.0. The highest BCUT2D eigenvalue weighted by molar-refractivity contribution is 5.69. The molecule has 3 nitrogen and oxygen atoms in total. The molecule has 0 aliphatic heterocycles. The van der Waals surface area contributed by atoms with Crippen LogP contribution in [0.15, 0.2) is 0 Å². The van der Waals surface area contributed by atoms with Crippen molar-refractivity contribution in [2.24, 2.45) is 0 Å². The number of carbonyl (C=O) groups excluding carboxylic acids is 1. The van der Waals surface area contributed by atoms with Crippen LogP contribution in [0, 0.1) is 0 Å². The van der Waals surface area contributed by atoms with Gasteiger partial charge in [0.15, 0.2) is 0 Å². The van der Waals surface area contributed by atoms with Gasteiger partial charge in [0.2, 0.25) is 0 Å². The Bertz CT molecular complexity index is 204. The molecule has 0 amide bonds. The lowest BCUT2D eigenvalue weighted by molar-refractivity contribution is -0.315. The number of unbranched alkanes of at least 4 members (excludes halogenated alkanes) is 11. The molecule has 0 aromatic carbocycles. The second-order valence-electron chi connectivity index (χ2n) is 5.51. The lowest BCUT2D eigenvalue weighted by Crippen LogP contribution is -2.35. The van der Waals surface area contributed by atoms with Crippen molar-refractivity contribution in [2.45, 2.75) is 96.5 Å². The molecule has 19 heavy (non-hydrogen) atoms. The van der Waals surface area contributed by atoms with E-state index in [9.17, 15) is 9.90 Å². The fourth-order valence-electron chi connectivity index (χ4n) is 2.30. The van der Waals surface area contributed by atoms with Crippen molar-refractivity contribution < 1.29 is 15.0 Å². The summed E-state index contributed by atoms with van der Waals surface area (Å²) in [4.78, 5) is 10.3. The first-order chi connectivity index (χ1) is 9.18. The van der Waals surface area contributed by atoms with Crippen LogP contribution in [0.1, 0.15) is 90.4 Å². The molecule has 0 saturated heterocycles. The van der Waals surface area contributed by atoms with Crippen LogP contribution in [0.25, 0.3) is 0 Å². The van der Waals surface area contributed by atoms with Gasteiger partial charge in [0.05, 0.1) is 12.1 Å². The molecule has 0 bridgehead atoms. The Labute approximate surface area is 118 Å². The van der Waals surface area contributed by atoms with Gasteiger partial charge in [-0.05, 0) is 6.42 Å². The normalized spacial score (nSPS) is 12.5. The van der Waals surface area contributed by atoms with Gasteiger partial charge in [-0.15, -0.1) is 0 Å². The molecule has 1 N–H and O–H groups in total. The lowest BCUT2D eigenvalue weighted by Gasteiger charge is -2.10. The third kappa shape index (κ3) is 13.7. The summed E-state index contributed by atoms with van der Waals surface area (Å²) in [6.45, 7) is 2.24. The van der Waals surface area contributed by atoms with E-state index in [1.807, 2.05) is 0 Å². The van der Waals surface area contributed by atoms with E-state index in [1.54, 1.807) is 0 Å². The second-order valence-corrected chi connectivity index (χ2v) is 5.51. The maximum atomic E-state index is 10.3. The molecular formula is C16H31O3-. The molecule has 1 atom stereocenters. The molecule has 3 heteroatoms. The van der Waals surface area contributed by atoms with E-state index in [4.69, 9.17) is 5.11 Å². The molecule has 0 rings (SSSR count). The number of hydrogen-bond acceptors (Lipinski definition) is 3. The van der Waals surface area contributed by atoms with Crippen LogP contribution in [0.3, 0.4) is 0 Å². The van der Waals surface area contributed by atoms with Crippen LogP contribution >= 0.6 is 0 Å². The summed E-state index contributed by atoms with van der Waals surface area (Å²) in [7, 11) is 0. The SMILES string of the molecule is CCCCCCCCCCCCCC[C@H](O)C(=O)[O-]. The highest BCUT2D eigenvalue weighted by Gasteiger charge is 2.03. The molecule has 114 valence electrons. The molecule has 0 saturated carbocycles. The second kappa shape index (κ2) is 13.9. The van der Waals surface area contributed by atoms with E-state index in [0.717, 1.165) is 19.3 Å². The predicted molar refractivity (Wildman–Crippen MR) is 76.7 cm³/mol. The van der Waals surface area contributed by atoms with Gasteiger partial charge < -0.3 is 15.0 Å². The summed E-state index contributed by atoms with van der Waals surface area (Å²) in [5, 5.41) is 19.3. The van der Waals surface area contributed by atoms with Crippen LogP contribution in [0.5, 0.6) is 0 Å². The Hall–Kier alpha value is -0.570. The summed E-state index contributed by atoms with van der Waals surface area (Å²) < 4.78 is 0. The smallest absolute Gasteiger partial charge is 0.0933 e. The van der Waals surface area contributed by atoms with Crippen LogP contribution in [-0.2, 0) is 4.79 Å². The van der Waals surface area contributed by atoms with E-state index >= 15 is 0 Å². The first kappa shape index (κ1) is 18.4. The largest absolute Gasteiger partial charge is 0.547 e. The first-order valence-corrected chi connectivity index (χ1v) is 8.07. The monoisotopic (exact) mass is 271 g/mol. The molecule has 0 heterocycles. The zero-order chi connectivity index (χ0) is 14.3. The van der Waals surface area contributed by atoms with Crippen LogP contribution in [0.4, 0.5) is 0 Å². The quantitative estimate of drug-likeness (QED) is 0.494. The molecule has 0 aromatic rings. The van der Waals surface area contributed by atoms with Crippen molar-refractivity contribution in [1.82, 2.24) is 0 Å². The predicted octanol–water partition coefficient (Wildman–Crippen LogP) is 3.19. The minimum absolute atomic E-state index is 0.333. The number of aliphatic hydroxyl groups is 1. The molecule has 0 fully saturated rings. The van der Waals surface area contributed by atoms with Crippen LogP contribution in [-0.4, -0.2) is 17.2 Å². The molecule has 0 radical (unpaired) electrons. The Balaban J connectivity index is 3.05. The van der Waals surface area contributed by atoms with Gasteiger partial charge >= 0.3 is 0 Å². The van der Waals surface area contributed by atoms with E-state index in [1.165, 1.54) is 57.8 Å². The molecule has 0 unspecified atom stereocenters. The number of hydrogen-bond donors (Lipinski definition) is 1. The number of carboxylic acid groups (broad SMARTS) is 1. The van der Waals surface area contributed by atoms with Gasteiger partial charge in [0.25, 0.3) is 0 Å². The minimum Gasteiger partial charge on any atom is -0.547 e. The third-order valence-electron chi connectivity index (χ3n) is 3.60. The average Bonchev–Trinajstić information content (AvgIpc) is 2.39. The molecular weight excluding hydrogens is 240 g/mol. The van der Waals surface area contributed by atoms with Crippen molar-refractivity contribution in [3.05, 3.63) is 0 Å². The molecule has 0 spiro atoms. The molecule has 0 aromatic heterocycles. The minimum atomic E-state index is -1.34. The third-order valence-corrected chi connectivity index (χ3v) is 3.60. The topological polar surface area (TPSA) is 60.4 Å². The fourth-order valence-corrected chi connectivity index (χ4v) is 2.30. The number of carboxylic acids is 1. The zero-order valence-electron chi connectivity index (χ0n) is 12.5. The highest BCUT2D eigenvalue weighted by atomic mass is 16.4. The summed E-state index contributed by atoms with van der Waals surface area (Å²) in [6.07, 6.45) is 14.0. The molecule has 0 aliphatic rings. The zero-order valence-corrected chi connectivity index (χ0v) is 12.5. The van der Waals surface area contributed by atoms with Gasteiger partial charge in [0, 0.05) is 0 Å². The highest BCUT2D eigenvalue weighted by Crippen LogP contribution is 2.12. The van der Waals surface area contributed by atoms with Crippen molar-refractivity contribution in [1.29, 1.82) is 0 Å². The van der Waals surface area contributed by atoms with Gasteiger partial charge in [-0.1, -0.05) is 84.0 Å². The Kier molecular flexibility index (Phi) is 13.4. The number of rotatable bonds is 14. The Morgan fingerprint density at radius 1 is 0.842 bits per heavy atom. The van der Waals surface area contributed by atoms with E-state index in [-0.39, 0.29) is 0 Å². The molecule has 0 aliphatic carbocycles. The van der Waals surface area contributed by atoms with Crippen molar-refractivity contribution in [3.63, 3.8) is 0 Å². The van der Waals surface area contributed by atoms with Gasteiger partial charge in [-0.3, -0.25) is 0 Å². The number of aliphatic carboxylic acids is 1. The van der Waals surface area contributed by atoms with Crippen molar-refractivity contribution in [2.75, 3.05) is 0 Å². The van der Waals surface area contributed by atoms with Gasteiger partial charge in [-0.25, -0.2) is 0 Å². The summed E-state index contributed by atoms with van der Waals surface area (Å²) in [5.74, 6) is -1.34. The van der Waals surface area contributed by atoms with Crippen molar-refractivity contribution >= 4 is 5.97 Å². The Morgan fingerprint density at radius 3 is 1.58 bits per heavy atom. The maximum absolute atomic E-state index is 10.3. The van der Waals surface area contributed by atoms with Gasteiger partial charge in [-0.2, -0.15) is 0 Å². The van der Waals surface area contributed by atoms with Crippen LogP contribution in [0.2, 0.25) is 0 Å².